The highest BCUT2D eigenvalue weighted by Gasteiger charge is 2.22. The number of hydrogen-bond donors (Lipinski definition) is 1. The van der Waals surface area contributed by atoms with E-state index in [0.717, 1.165) is 15.8 Å². The third kappa shape index (κ3) is 2.30. The SMILES string of the molecule is CC[C@H](CO)n1cc2c(c1-c1ccccc1)c(=O)n(C)c(=O)n2C. The molecule has 24 heavy (non-hydrogen) atoms. The fourth-order valence-electron chi connectivity index (χ4n) is 3.15. The lowest BCUT2D eigenvalue weighted by atomic mass is 10.1. The van der Waals surface area contributed by atoms with Gasteiger partial charge in [0, 0.05) is 20.3 Å². The van der Waals surface area contributed by atoms with E-state index in [4.69, 9.17) is 0 Å². The Hall–Kier alpha value is -2.60. The van der Waals surface area contributed by atoms with E-state index in [1.807, 2.05) is 41.8 Å². The fourth-order valence-corrected chi connectivity index (χ4v) is 3.15. The van der Waals surface area contributed by atoms with Crippen molar-refractivity contribution >= 4 is 10.9 Å². The van der Waals surface area contributed by atoms with Crippen molar-refractivity contribution in [2.24, 2.45) is 14.1 Å². The van der Waals surface area contributed by atoms with E-state index in [1.54, 1.807) is 13.2 Å². The zero-order valence-electron chi connectivity index (χ0n) is 14.1. The van der Waals surface area contributed by atoms with Gasteiger partial charge in [0.2, 0.25) is 0 Å². The molecule has 0 aliphatic heterocycles. The second-order valence-electron chi connectivity index (χ2n) is 5.96. The number of aromatic nitrogens is 3. The molecule has 3 rings (SSSR count). The van der Waals surface area contributed by atoms with Crippen LogP contribution in [0.3, 0.4) is 0 Å². The zero-order chi connectivity index (χ0) is 17.4. The molecule has 126 valence electrons. The minimum absolute atomic E-state index is 0.0361. The summed E-state index contributed by atoms with van der Waals surface area (Å²) >= 11 is 0. The summed E-state index contributed by atoms with van der Waals surface area (Å²) in [7, 11) is 3.14. The Morgan fingerprint density at radius 1 is 1.08 bits per heavy atom. The quantitative estimate of drug-likeness (QED) is 0.792. The Bertz CT molecular complexity index is 992. The predicted molar refractivity (Wildman–Crippen MR) is 94.3 cm³/mol. The van der Waals surface area contributed by atoms with Gasteiger partial charge in [-0.05, 0) is 12.0 Å². The van der Waals surface area contributed by atoms with Crippen LogP contribution in [0, 0.1) is 0 Å². The molecule has 2 aromatic heterocycles. The van der Waals surface area contributed by atoms with Gasteiger partial charge in [0.1, 0.15) is 0 Å². The summed E-state index contributed by atoms with van der Waals surface area (Å²) in [4.78, 5) is 25.0. The summed E-state index contributed by atoms with van der Waals surface area (Å²) in [5.74, 6) is 0. The second kappa shape index (κ2) is 6.13. The van der Waals surface area contributed by atoms with Crippen LogP contribution in [0.5, 0.6) is 0 Å². The Morgan fingerprint density at radius 3 is 2.33 bits per heavy atom. The maximum atomic E-state index is 12.8. The van der Waals surface area contributed by atoms with Crippen LogP contribution in [0.15, 0.2) is 46.1 Å². The molecule has 0 spiro atoms. The second-order valence-corrected chi connectivity index (χ2v) is 5.96. The van der Waals surface area contributed by atoms with Crippen molar-refractivity contribution in [2.45, 2.75) is 19.4 Å². The Balaban J connectivity index is 2.52. The third-order valence-electron chi connectivity index (χ3n) is 4.59. The van der Waals surface area contributed by atoms with Crippen LogP contribution in [0.25, 0.3) is 22.2 Å². The topological polar surface area (TPSA) is 69.2 Å². The van der Waals surface area contributed by atoms with E-state index in [9.17, 15) is 14.7 Å². The van der Waals surface area contributed by atoms with Crippen molar-refractivity contribution in [3.8, 4) is 11.3 Å². The van der Waals surface area contributed by atoms with Gasteiger partial charge in [-0.3, -0.25) is 13.9 Å². The molecule has 0 saturated heterocycles. The number of aliphatic hydroxyl groups is 1. The number of aliphatic hydroxyl groups excluding tert-OH is 1. The van der Waals surface area contributed by atoms with Gasteiger partial charge < -0.3 is 9.67 Å². The van der Waals surface area contributed by atoms with Crippen LogP contribution >= 0.6 is 0 Å². The molecule has 3 aromatic rings. The molecule has 1 N–H and O–H groups in total. The van der Waals surface area contributed by atoms with Crippen molar-refractivity contribution in [2.75, 3.05) is 6.61 Å². The van der Waals surface area contributed by atoms with Gasteiger partial charge in [-0.15, -0.1) is 0 Å². The molecule has 0 fully saturated rings. The average Bonchev–Trinajstić information content (AvgIpc) is 3.00. The van der Waals surface area contributed by atoms with E-state index in [1.165, 1.54) is 11.6 Å². The van der Waals surface area contributed by atoms with E-state index in [0.29, 0.717) is 17.3 Å². The summed E-state index contributed by atoms with van der Waals surface area (Å²) in [5, 5.41) is 10.2. The van der Waals surface area contributed by atoms with Crippen LogP contribution in [-0.2, 0) is 14.1 Å². The molecule has 0 aliphatic rings. The Morgan fingerprint density at radius 2 is 1.75 bits per heavy atom. The van der Waals surface area contributed by atoms with Crippen LogP contribution in [0.2, 0.25) is 0 Å². The van der Waals surface area contributed by atoms with Crippen molar-refractivity contribution in [3.05, 3.63) is 57.4 Å². The van der Waals surface area contributed by atoms with Gasteiger partial charge in [0.25, 0.3) is 5.56 Å². The minimum Gasteiger partial charge on any atom is -0.394 e. The van der Waals surface area contributed by atoms with E-state index >= 15 is 0 Å². The first kappa shape index (κ1) is 16.3. The molecule has 2 heterocycles. The van der Waals surface area contributed by atoms with E-state index in [-0.39, 0.29) is 23.9 Å². The predicted octanol–water partition coefficient (Wildman–Crippen LogP) is 1.65. The fraction of sp³-hybridized carbons (Fsp3) is 0.333. The first-order valence-corrected chi connectivity index (χ1v) is 7.98. The van der Waals surface area contributed by atoms with Gasteiger partial charge >= 0.3 is 5.69 Å². The number of benzene rings is 1. The largest absolute Gasteiger partial charge is 0.394 e. The molecular weight excluding hydrogens is 306 g/mol. The third-order valence-corrected chi connectivity index (χ3v) is 4.59. The number of rotatable bonds is 4. The van der Waals surface area contributed by atoms with E-state index < -0.39 is 0 Å². The van der Waals surface area contributed by atoms with Crippen molar-refractivity contribution < 1.29 is 5.11 Å². The van der Waals surface area contributed by atoms with Gasteiger partial charge in [-0.1, -0.05) is 37.3 Å². The lowest BCUT2D eigenvalue weighted by Crippen LogP contribution is -2.36. The van der Waals surface area contributed by atoms with Crippen molar-refractivity contribution in [1.29, 1.82) is 0 Å². The van der Waals surface area contributed by atoms with E-state index in [2.05, 4.69) is 0 Å². The maximum absolute atomic E-state index is 12.8. The standard InChI is InChI=1S/C18H21N3O3/c1-4-13(11-22)21-10-14-15(16(21)12-8-6-5-7-9-12)17(23)20(3)18(24)19(14)2/h5-10,13,22H,4,11H2,1-3H3/t13-/m1/s1. The molecule has 1 atom stereocenters. The summed E-state index contributed by atoms with van der Waals surface area (Å²) in [6.07, 6.45) is 2.51. The highest BCUT2D eigenvalue weighted by Crippen LogP contribution is 2.31. The van der Waals surface area contributed by atoms with Gasteiger partial charge in [-0.2, -0.15) is 0 Å². The van der Waals surface area contributed by atoms with Crippen molar-refractivity contribution in [3.63, 3.8) is 0 Å². The minimum atomic E-state index is -0.360. The average molecular weight is 327 g/mol. The van der Waals surface area contributed by atoms with Crippen LogP contribution in [0.4, 0.5) is 0 Å². The first-order chi connectivity index (χ1) is 11.5. The number of hydrogen-bond acceptors (Lipinski definition) is 3. The van der Waals surface area contributed by atoms with Crippen molar-refractivity contribution in [1.82, 2.24) is 13.7 Å². The smallest absolute Gasteiger partial charge is 0.330 e. The molecule has 0 aliphatic carbocycles. The lowest BCUT2D eigenvalue weighted by molar-refractivity contribution is 0.226. The number of fused-ring (bicyclic) bond motifs is 1. The zero-order valence-corrected chi connectivity index (χ0v) is 14.1. The molecule has 0 unspecified atom stereocenters. The Kier molecular flexibility index (Phi) is 4.15. The van der Waals surface area contributed by atoms with Gasteiger partial charge in [0.05, 0.1) is 29.2 Å². The summed E-state index contributed by atoms with van der Waals surface area (Å²) in [5.41, 5.74) is 1.52. The monoisotopic (exact) mass is 327 g/mol. The molecule has 0 amide bonds. The number of aryl methyl sites for hydroxylation is 1. The van der Waals surface area contributed by atoms with Crippen LogP contribution < -0.4 is 11.2 Å². The normalized spacial score (nSPS) is 12.7. The van der Waals surface area contributed by atoms with Crippen LogP contribution in [-0.4, -0.2) is 25.4 Å². The first-order valence-electron chi connectivity index (χ1n) is 7.98. The molecular formula is C18H21N3O3. The maximum Gasteiger partial charge on any atom is 0.330 e. The highest BCUT2D eigenvalue weighted by atomic mass is 16.3. The van der Waals surface area contributed by atoms with Gasteiger partial charge in [-0.25, -0.2) is 4.79 Å². The summed E-state index contributed by atoms with van der Waals surface area (Å²) < 4.78 is 4.52. The molecule has 0 bridgehead atoms. The van der Waals surface area contributed by atoms with Gasteiger partial charge in [0.15, 0.2) is 0 Å². The highest BCUT2D eigenvalue weighted by molar-refractivity contribution is 5.93. The summed E-state index contributed by atoms with van der Waals surface area (Å²) in [6, 6.07) is 9.43. The Labute approximate surface area is 139 Å². The molecule has 0 radical (unpaired) electrons. The molecule has 6 heteroatoms. The number of nitrogens with zero attached hydrogens (tertiary/aromatic N) is 3. The summed E-state index contributed by atoms with van der Waals surface area (Å²) in [6.45, 7) is 1.95. The molecule has 1 aromatic carbocycles. The molecule has 0 saturated carbocycles. The van der Waals surface area contributed by atoms with Crippen LogP contribution in [0.1, 0.15) is 19.4 Å². The molecule has 6 nitrogen and oxygen atoms in total. The lowest BCUT2D eigenvalue weighted by Gasteiger charge is -2.18.